The highest BCUT2D eigenvalue weighted by atomic mass is 16.5. The number of methoxy groups -OCH3 is 2. The molecule has 0 aromatic heterocycles. The van der Waals surface area contributed by atoms with Gasteiger partial charge in [0, 0.05) is 12.2 Å². The molecule has 0 heterocycles. The number of carboxylic acid groups (broad SMARTS) is 2. The third-order valence-electron chi connectivity index (χ3n) is 2.12. The van der Waals surface area contributed by atoms with Crippen molar-refractivity contribution in [2.24, 2.45) is 0 Å². The summed E-state index contributed by atoms with van der Waals surface area (Å²) in [4.78, 5) is 40.6. The molecule has 1 rings (SSSR count). The Hall–Kier alpha value is -3.42. The summed E-state index contributed by atoms with van der Waals surface area (Å²) in [6.45, 7) is 6.31. The fraction of sp³-hybridized carbons (Fsp3) is 0.125. The molecule has 0 saturated heterocycles. The van der Waals surface area contributed by atoms with E-state index in [0.29, 0.717) is 0 Å². The zero-order valence-corrected chi connectivity index (χ0v) is 13.2. The highest BCUT2D eigenvalue weighted by molar-refractivity contribution is 6.01. The van der Waals surface area contributed by atoms with Crippen molar-refractivity contribution >= 4 is 23.9 Å². The first-order valence-electron chi connectivity index (χ1n) is 6.21. The second kappa shape index (κ2) is 13.3. The Kier molecular flexibility index (Phi) is 12.6. The molecule has 130 valence electrons. The minimum atomic E-state index is -1.23. The Balaban J connectivity index is 0. The van der Waals surface area contributed by atoms with Crippen LogP contribution in [0, 0.1) is 0 Å². The summed E-state index contributed by atoms with van der Waals surface area (Å²) >= 11 is 0. The van der Waals surface area contributed by atoms with Crippen molar-refractivity contribution < 1.29 is 38.9 Å². The molecule has 0 unspecified atom stereocenters. The summed E-state index contributed by atoms with van der Waals surface area (Å²) in [6, 6.07) is 5.48. The number of carbonyl (C=O) groups is 4. The van der Waals surface area contributed by atoms with E-state index >= 15 is 0 Å². The van der Waals surface area contributed by atoms with E-state index in [-0.39, 0.29) is 11.1 Å². The van der Waals surface area contributed by atoms with Gasteiger partial charge in [-0.15, -0.1) is 0 Å². The maximum Gasteiger partial charge on any atom is 0.336 e. The number of carboxylic acids is 2. The van der Waals surface area contributed by atoms with Gasteiger partial charge in [-0.05, 0) is 12.1 Å². The molecule has 0 atom stereocenters. The number of aromatic carboxylic acids is 2. The fourth-order valence-electron chi connectivity index (χ4n) is 1.02. The molecule has 1 aromatic rings. The first-order chi connectivity index (χ1) is 11.2. The van der Waals surface area contributed by atoms with Gasteiger partial charge in [0.25, 0.3) is 0 Å². The lowest BCUT2D eigenvalue weighted by atomic mass is 10.1. The predicted molar refractivity (Wildman–Crippen MR) is 84.8 cm³/mol. The predicted octanol–water partition coefficient (Wildman–Crippen LogP) is 1.77. The van der Waals surface area contributed by atoms with Crippen molar-refractivity contribution in [3.63, 3.8) is 0 Å². The smallest absolute Gasteiger partial charge is 0.336 e. The van der Waals surface area contributed by atoms with Gasteiger partial charge in [0.05, 0.1) is 25.3 Å². The van der Waals surface area contributed by atoms with E-state index in [9.17, 15) is 19.2 Å². The third-order valence-corrected chi connectivity index (χ3v) is 2.12. The first kappa shape index (κ1) is 22.9. The quantitative estimate of drug-likeness (QED) is 0.628. The van der Waals surface area contributed by atoms with Gasteiger partial charge in [0.15, 0.2) is 0 Å². The van der Waals surface area contributed by atoms with Gasteiger partial charge in [-0.2, -0.15) is 0 Å². The molecule has 1 aromatic carbocycles. The highest BCUT2D eigenvalue weighted by Gasteiger charge is 2.13. The molecule has 0 saturated carbocycles. The third kappa shape index (κ3) is 10.3. The maximum atomic E-state index is 10.5. The van der Waals surface area contributed by atoms with Gasteiger partial charge in [0.2, 0.25) is 0 Å². The number of esters is 2. The van der Waals surface area contributed by atoms with Gasteiger partial charge in [0.1, 0.15) is 0 Å². The fourth-order valence-corrected chi connectivity index (χ4v) is 1.02. The van der Waals surface area contributed by atoms with Gasteiger partial charge in [-0.25, -0.2) is 19.2 Å². The second-order valence-electron chi connectivity index (χ2n) is 3.61. The van der Waals surface area contributed by atoms with Gasteiger partial charge in [-0.1, -0.05) is 25.3 Å². The van der Waals surface area contributed by atoms with Crippen LogP contribution in [0.3, 0.4) is 0 Å². The monoisotopic (exact) mass is 338 g/mol. The van der Waals surface area contributed by atoms with Crippen molar-refractivity contribution in [3.8, 4) is 0 Å². The molecule has 0 aliphatic rings. The Morgan fingerprint density at radius 3 is 1.25 bits per heavy atom. The van der Waals surface area contributed by atoms with Crippen LogP contribution >= 0.6 is 0 Å². The molecule has 0 spiro atoms. The summed E-state index contributed by atoms with van der Waals surface area (Å²) in [7, 11) is 2.62. The molecule has 8 heteroatoms. The normalized spacial score (nSPS) is 8.08. The van der Waals surface area contributed by atoms with E-state index in [0.717, 1.165) is 12.2 Å². The first-order valence-corrected chi connectivity index (χ1v) is 6.21. The summed E-state index contributed by atoms with van der Waals surface area (Å²) in [5.41, 5.74) is -0.380. The summed E-state index contributed by atoms with van der Waals surface area (Å²) < 4.78 is 8.28. The van der Waals surface area contributed by atoms with Gasteiger partial charge >= 0.3 is 23.9 Å². The average Bonchev–Trinajstić information content (AvgIpc) is 2.61. The van der Waals surface area contributed by atoms with Crippen LogP contribution in [0.15, 0.2) is 49.6 Å². The number of ether oxygens (including phenoxy) is 2. The summed E-state index contributed by atoms with van der Waals surface area (Å²) in [5, 5.41) is 17.1. The average molecular weight is 338 g/mol. The van der Waals surface area contributed by atoms with Crippen molar-refractivity contribution in [2.45, 2.75) is 0 Å². The second-order valence-corrected chi connectivity index (χ2v) is 3.61. The minimum absolute atomic E-state index is 0.190. The number of carbonyl (C=O) groups excluding carboxylic acids is 2. The molecule has 0 radical (unpaired) electrons. The molecule has 0 amide bonds. The highest BCUT2D eigenvalue weighted by Crippen LogP contribution is 2.07. The lowest BCUT2D eigenvalue weighted by Gasteiger charge is -1.98. The van der Waals surface area contributed by atoms with Crippen LogP contribution in [-0.2, 0) is 19.1 Å². The van der Waals surface area contributed by atoms with Crippen LogP contribution in [0.4, 0.5) is 0 Å². The van der Waals surface area contributed by atoms with Crippen LogP contribution < -0.4 is 0 Å². The lowest BCUT2D eigenvalue weighted by molar-refractivity contribution is -0.135. The Bertz CT molecular complexity index is 551. The van der Waals surface area contributed by atoms with E-state index in [4.69, 9.17) is 10.2 Å². The van der Waals surface area contributed by atoms with Crippen molar-refractivity contribution in [3.05, 3.63) is 60.7 Å². The van der Waals surface area contributed by atoms with E-state index in [1.165, 1.54) is 38.5 Å². The molecule has 2 N–H and O–H groups in total. The van der Waals surface area contributed by atoms with Gasteiger partial charge < -0.3 is 19.7 Å². The Morgan fingerprint density at radius 1 is 0.833 bits per heavy atom. The van der Waals surface area contributed by atoms with Crippen LogP contribution in [0.25, 0.3) is 0 Å². The van der Waals surface area contributed by atoms with E-state index in [1.54, 1.807) is 0 Å². The molecule has 8 nitrogen and oxygen atoms in total. The molecule has 24 heavy (non-hydrogen) atoms. The Labute approximate surface area is 138 Å². The zero-order valence-electron chi connectivity index (χ0n) is 13.2. The molecular weight excluding hydrogens is 320 g/mol. The molecule has 0 fully saturated rings. The summed E-state index contributed by atoms with van der Waals surface area (Å²) in [5.74, 6) is -3.24. The SMILES string of the molecule is C=CC(=O)OC.C=CC(=O)OC.O=C(O)c1ccccc1C(=O)O. The number of hydrogen-bond donors (Lipinski definition) is 2. The van der Waals surface area contributed by atoms with Crippen LogP contribution in [0.2, 0.25) is 0 Å². The largest absolute Gasteiger partial charge is 0.478 e. The van der Waals surface area contributed by atoms with Crippen LogP contribution in [-0.4, -0.2) is 48.3 Å². The van der Waals surface area contributed by atoms with Crippen LogP contribution in [0.1, 0.15) is 20.7 Å². The number of benzene rings is 1. The molecule has 0 bridgehead atoms. The number of hydrogen-bond acceptors (Lipinski definition) is 6. The van der Waals surface area contributed by atoms with E-state index < -0.39 is 23.9 Å². The molecular formula is C16H18O8. The standard InChI is InChI=1S/C8H6O4.2C4H6O2/c9-7(10)5-3-1-2-4-6(5)8(11)12;2*1-3-4(5)6-2/h1-4H,(H,9,10)(H,11,12);2*3H,1H2,2H3. The van der Waals surface area contributed by atoms with E-state index in [2.05, 4.69) is 22.6 Å². The topological polar surface area (TPSA) is 127 Å². The van der Waals surface area contributed by atoms with E-state index in [1.807, 2.05) is 0 Å². The Morgan fingerprint density at radius 2 is 1.12 bits per heavy atom. The zero-order chi connectivity index (χ0) is 19.1. The maximum absolute atomic E-state index is 10.5. The van der Waals surface area contributed by atoms with Crippen LogP contribution in [0.5, 0.6) is 0 Å². The van der Waals surface area contributed by atoms with Crippen molar-refractivity contribution in [1.82, 2.24) is 0 Å². The molecule has 0 aliphatic heterocycles. The lowest BCUT2D eigenvalue weighted by Crippen LogP contribution is -2.06. The molecule has 0 aliphatic carbocycles. The van der Waals surface area contributed by atoms with Crippen molar-refractivity contribution in [2.75, 3.05) is 14.2 Å². The minimum Gasteiger partial charge on any atom is -0.478 e. The number of rotatable bonds is 4. The van der Waals surface area contributed by atoms with Crippen molar-refractivity contribution in [1.29, 1.82) is 0 Å². The summed E-state index contributed by atoms with van der Waals surface area (Å²) in [6.07, 6.45) is 2.22. The van der Waals surface area contributed by atoms with Gasteiger partial charge in [-0.3, -0.25) is 0 Å².